The minimum absolute atomic E-state index is 0.285. The first kappa shape index (κ1) is 14.9. The number of urea groups is 1. The number of nitrogens with zero attached hydrogens (tertiary/aromatic N) is 3. The van der Waals surface area contributed by atoms with Crippen molar-refractivity contribution in [2.75, 3.05) is 5.32 Å². The molecule has 2 N–H and O–H groups in total. The van der Waals surface area contributed by atoms with Gasteiger partial charge in [-0.3, -0.25) is 4.98 Å². The Morgan fingerprint density at radius 2 is 1.83 bits per heavy atom. The molecule has 0 unspecified atom stereocenters. The molecule has 0 saturated heterocycles. The van der Waals surface area contributed by atoms with Gasteiger partial charge in [0, 0.05) is 11.9 Å². The molecule has 0 fully saturated rings. The Bertz CT molecular complexity index is 848. The van der Waals surface area contributed by atoms with E-state index in [0.29, 0.717) is 12.2 Å². The van der Waals surface area contributed by atoms with Crippen LogP contribution in [0.2, 0.25) is 0 Å². The number of hydrogen-bond donors (Lipinski definition) is 2. The number of aromatic nitrogens is 3. The molecule has 0 saturated carbocycles. The standard InChI is InChI=1S/C17H17N5O/c1-11-12(2)21-16-9-13(6-7-15(16)20-11)22-17(23)19-10-14-5-3-4-8-18-14/h3-9H,10H2,1-2H3,(H2,19,22,23). The molecular weight excluding hydrogens is 290 g/mol. The third-order valence-electron chi connectivity index (χ3n) is 3.49. The van der Waals surface area contributed by atoms with Crippen molar-refractivity contribution in [3.8, 4) is 0 Å². The van der Waals surface area contributed by atoms with Crippen LogP contribution in [0.5, 0.6) is 0 Å². The molecular formula is C17H17N5O. The molecule has 0 atom stereocenters. The summed E-state index contributed by atoms with van der Waals surface area (Å²) in [6.07, 6.45) is 1.70. The number of carbonyl (C=O) groups is 1. The number of aryl methyl sites for hydroxylation is 2. The Morgan fingerprint density at radius 3 is 2.57 bits per heavy atom. The third kappa shape index (κ3) is 3.60. The smallest absolute Gasteiger partial charge is 0.319 e. The van der Waals surface area contributed by atoms with Crippen molar-refractivity contribution in [3.05, 3.63) is 59.7 Å². The fourth-order valence-corrected chi connectivity index (χ4v) is 2.16. The highest BCUT2D eigenvalue weighted by Gasteiger charge is 2.06. The number of anilines is 1. The van der Waals surface area contributed by atoms with Gasteiger partial charge >= 0.3 is 6.03 Å². The molecule has 0 bridgehead atoms. The number of carbonyl (C=O) groups excluding carboxylic acids is 1. The molecule has 3 rings (SSSR count). The van der Waals surface area contributed by atoms with Gasteiger partial charge in [-0.15, -0.1) is 0 Å². The van der Waals surface area contributed by atoms with Crippen molar-refractivity contribution >= 4 is 22.8 Å². The second-order valence-corrected chi connectivity index (χ2v) is 5.23. The van der Waals surface area contributed by atoms with Crippen molar-refractivity contribution in [1.82, 2.24) is 20.3 Å². The highest BCUT2D eigenvalue weighted by Crippen LogP contribution is 2.17. The summed E-state index contributed by atoms with van der Waals surface area (Å²) < 4.78 is 0. The maximum atomic E-state index is 12.0. The summed E-state index contributed by atoms with van der Waals surface area (Å²) in [7, 11) is 0. The molecule has 2 heterocycles. The van der Waals surface area contributed by atoms with Crippen LogP contribution in [0, 0.1) is 13.8 Å². The number of rotatable bonds is 3. The summed E-state index contributed by atoms with van der Waals surface area (Å²) >= 11 is 0. The van der Waals surface area contributed by atoms with Crippen LogP contribution >= 0.6 is 0 Å². The van der Waals surface area contributed by atoms with Gasteiger partial charge in [-0.05, 0) is 44.2 Å². The molecule has 2 amide bonds. The van der Waals surface area contributed by atoms with E-state index in [2.05, 4.69) is 25.6 Å². The van der Waals surface area contributed by atoms with Crippen LogP contribution in [0.4, 0.5) is 10.5 Å². The van der Waals surface area contributed by atoms with Crippen LogP contribution in [0.3, 0.4) is 0 Å². The van der Waals surface area contributed by atoms with Crippen LogP contribution in [0.1, 0.15) is 17.1 Å². The van der Waals surface area contributed by atoms with Gasteiger partial charge in [0.2, 0.25) is 0 Å². The van der Waals surface area contributed by atoms with Gasteiger partial charge in [0.15, 0.2) is 0 Å². The van der Waals surface area contributed by atoms with Crippen molar-refractivity contribution in [3.63, 3.8) is 0 Å². The zero-order valence-corrected chi connectivity index (χ0v) is 13.0. The molecule has 1 aromatic carbocycles. The number of pyridine rings is 1. The molecule has 0 aliphatic heterocycles. The highest BCUT2D eigenvalue weighted by atomic mass is 16.2. The predicted molar refractivity (Wildman–Crippen MR) is 89.1 cm³/mol. The summed E-state index contributed by atoms with van der Waals surface area (Å²) in [6, 6.07) is 10.8. The average molecular weight is 307 g/mol. The lowest BCUT2D eigenvalue weighted by molar-refractivity contribution is 0.251. The summed E-state index contributed by atoms with van der Waals surface area (Å²) in [4.78, 5) is 25.1. The lowest BCUT2D eigenvalue weighted by Gasteiger charge is -2.08. The van der Waals surface area contributed by atoms with Gasteiger partial charge in [-0.25, -0.2) is 14.8 Å². The van der Waals surface area contributed by atoms with Gasteiger partial charge in [-0.2, -0.15) is 0 Å². The van der Waals surface area contributed by atoms with E-state index in [0.717, 1.165) is 28.1 Å². The van der Waals surface area contributed by atoms with E-state index >= 15 is 0 Å². The molecule has 6 heteroatoms. The van der Waals surface area contributed by atoms with Crippen LogP contribution in [-0.4, -0.2) is 21.0 Å². The zero-order chi connectivity index (χ0) is 16.2. The van der Waals surface area contributed by atoms with E-state index in [1.165, 1.54) is 0 Å². The Balaban J connectivity index is 1.68. The lowest BCUT2D eigenvalue weighted by Crippen LogP contribution is -2.28. The second kappa shape index (κ2) is 6.39. The molecule has 0 radical (unpaired) electrons. The van der Waals surface area contributed by atoms with Crippen LogP contribution in [0.25, 0.3) is 11.0 Å². The number of hydrogen-bond acceptors (Lipinski definition) is 4. The Morgan fingerprint density at radius 1 is 1.04 bits per heavy atom. The summed E-state index contributed by atoms with van der Waals surface area (Å²) in [5.74, 6) is 0. The highest BCUT2D eigenvalue weighted by molar-refractivity contribution is 5.91. The second-order valence-electron chi connectivity index (χ2n) is 5.23. The van der Waals surface area contributed by atoms with Gasteiger partial charge in [0.05, 0.1) is 34.7 Å². The molecule has 6 nitrogen and oxygen atoms in total. The van der Waals surface area contributed by atoms with Crippen molar-refractivity contribution < 1.29 is 4.79 Å². The Labute approximate surface area is 134 Å². The first-order valence-corrected chi connectivity index (χ1v) is 7.31. The SMILES string of the molecule is Cc1nc2ccc(NC(=O)NCc3ccccn3)cc2nc1C. The van der Waals surface area contributed by atoms with Crippen LogP contribution < -0.4 is 10.6 Å². The van der Waals surface area contributed by atoms with E-state index in [9.17, 15) is 4.79 Å². The van der Waals surface area contributed by atoms with Crippen molar-refractivity contribution in [1.29, 1.82) is 0 Å². The monoisotopic (exact) mass is 307 g/mol. The number of nitrogens with one attached hydrogen (secondary N) is 2. The third-order valence-corrected chi connectivity index (χ3v) is 3.49. The predicted octanol–water partition coefficient (Wildman–Crippen LogP) is 2.96. The lowest BCUT2D eigenvalue weighted by atomic mass is 10.2. The van der Waals surface area contributed by atoms with E-state index < -0.39 is 0 Å². The summed E-state index contributed by atoms with van der Waals surface area (Å²) in [5, 5.41) is 5.56. The van der Waals surface area contributed by atoms with Gasteiger partial charge in [-0.1, -0.05) is 6.07 Å². The Hall–Kier alpha value is -3.02. The molecule has 3 aromatic rings. The Kier molecular flexibility index (Phi) is 4.14. The summed E-state index contributed by atoms with van der Waals surface area (Å²) in [5.41, 5.74) is 4.84. The van der Waals surface area contributed by atoms with Crippen LogP contribution in [-0.2, 0) is 6.54 Å². The fraction of sp³-hybridized carbons (Fsp3) is 0.176. The topological polar surface area (TPSA) is 79.8 Å². The van der Waals surface area contributed by atoms with Gasteiger partial charge in [0.25, 0.3) is 0 Å². The summed E-state index contributed by atoms with van der Waals surface area (Å²) in [6.45, 7) is 4.22. The first-order chi connectivity index (χ1) is 11.1. The van der Waals surface area contributed by atoms with Crippen molar-refractivity contribution in [2.24, 2.45) is 0 Å². The van der Waals surface area contributed by atoms with Gasteiger partial charge in [0.1, 0.15) is 0 Å². The zero-order valence-electron chi connectivity index (χ0n) is 13.0. The maximum Gasteiger partial charge on any atom is 0.319 e. The molecule has 0 spiro atoms. The fourth-order valence-electron chi connectivity index (χ4n) is 2.16. The molecule has 116 valence electrons. The quantitative estimate of drug-likeness (QED) is 0.779. The number of amides is 2. The molecule has 0 aliphatic rings. The minimum atomic E-state index is -0.285. The van der Waals surface area contributed by atoms with Crippen LogP contribution in [0.15, 0.2) is 42.6 Å². The van der Waals surface area contributed by atoms with Crippen molar-refractivity contribution in [2.45, 2.75) is 20.4 Å². The number of benzene rings is 1. The minimum Gasteiger partial charge on any atom is -0.332 e. The normalized spacial score (nSPS) is 10.5. The maximum absolute atomic E-state index is 12.0. The van der Waals surface area contributed by atoms with Gasteiger partial charge < -0.3 is 10.6 Å². The van der Waals surface area contributed by atoms with E-state index in [4.69, 9.17) is 0 Å². The molecule has 0 aliphatic carbocycles. The first-order valence-electron chi connectivity index (χ1n) is 7.31. The average Bonchev–Trinajstić information content (AvgIpc) is 2.55. The molecule has 2 aromatic heterocycles. The number of fused-ring (bicyclic) bond motifs is 1. The van der Waals surface area contributed by atoms with E-state index in [1.54, 1.807) is 6.20 Å². The molecule has 23 heavy (non-hydrogen) atoms. The largest absolute Gasteiger partial charge is 0.332 e. The van der Waals surface area contributed by atoms with E-state index in [-0.39, 0.29) is 6.03 Å². The van der Waals surface area contributed by atoms with E-state index in [1.807, 2.05) is 50.2 Å².